The summed E-state index contributed by atoms with van der Waals surface area (Å²) in [6.07, 6.45) is 2.98. The van der Waals surface area contributed by atoms with E-state index in [1.54, 1.807) is 6.20 Å². The van der Waals surface area contributed by atoms with Crippen LogP contribution in [-0.2, 0) is 21.0 Å². The van der Waals surface area contributed by atoms with Crippen molar-refractivity contribution >= 4 is 9.84 Å². The minimum atomic E-state index is -3.05. The van der Waals surface area contributed by atoms with E-state index in [4.69, 9.17) is 4.98 Å². The standard InChI is InChI=1S/C17H22N2O2S/c1-12-16(17(2,3)4)19-15(10-18-12)14-8-6-7-13(9-14)11-22(5,20)21/h6-10H,11H2,1-5H3. The van der Waals surface area contributed by atoms with Crippen LogP contribution in [0.4, 0.5) is 0 Å². The summed E-state index contributed by atoms with van der Waals surface area (Å²) in [5, 5.41) is 0. The second-order valence-electron chi connectivity index (χ2n) is 6.71. The molecule has 1 aromatic carbocycles. The zero-order chi connectivity index (χ0) is 16.5. The van der Waals surface area contributed by atoms with Crippen LogP contribution in [0.3, 0.4) is 0 Å². The summed E-state index contributed by atoms with van der Waals surface area (Å²) >= 11 is 0. The molecule has 118 valence electrons. The predicted molar refractivity (Wildman–Crippen MR) is 89.5 cm³/mol. The van der Waals surface area contributed by atoms with E-state index >= 15 is 0 Å². The van der Waals surface area contributed by atoms with Crippen molar-refractivity contribution in [3.63, 3.8) is 0 Å². The van der Waals surface area contributed by atoms with Gasteiger partial charge in [-0.05, 0) is 18.6 Å². The van der Waals surface area contributed by atoms with E-state index in [0.29, 0.717) is 0 Å². The molecule has 2 rings (SSSR count). The van der Waals surface area contributed by atoms with Gasteiger partial charge in [-0.2, -0.15) is 0 Å². The SMILES string of the molecule is Cc1ncc(-c2cccc(CS(C)(=O)=O)c2)nc1C(C)(C)C. The lowest BCUT2D eigenvalue weighted by atomic mass is 9.90. The van der Waals surface area contributed by atoms with Crippen molar-refractivity contribution in [3.8, 4) is 11.3 Å². The van der Waals surface area contributed by atoms with Gasteiger partial charge >= 0.3 is 0 Å². The third kappa shape index (κ3) is 4.13. The first-order chi connectivity index (χ1) is 10.1. The number of aromatic nitrogens is 2. The van der Waals surface area contributed by atoms with Gasteiger partial charge in [-0.15, -0.1) is 0 Å². The van der Waals surface area contributed by atoms with Crippen molar-refractivity contribution in [2.24, 2.45) is 0 Å². The predicted octanol–water partition coefficient (Wildman–Crippen LogP) is 3.29. The molecule has 0 aliphatic heterocycles. The van der Waals surface area contributed by atoms with E-state index in [2.05, 4.69) is 25.8 Å². The van der Waals surface area contributed by atoms with Gasteiger partial charge in [0.05, 0.1) is 29.0 Å². The number of benzene rings is 1. The second-order valence-corrected chi connectivity index (χ2v) is 8.85. The molecule has 0 aliphatic carbocycles. The van der Waals surface area contributed by atoms with Crippen molar-refractivity contribution in [1.82, 2.24) is 9.97 Å². The third-order valence-corrected chi connectivity index (χ3v) is 4.18. The van der Waals surface area contributed by atoms with Gasteiger partial charge in [0.15, 0.2) is 9.84 Å². The molecular formula is C17H22N2O2S. The fourth-order valence-electron chi connectivity index (χ4n) is 2.42. The van der Waals surface area contributed by atoms with E-state index in [0.717, 1.165) is 28.2 Å². The van der Waals surface area contributed by atoms with Crippen LogP contribution in [0.5, 0.6) is 0 Å². The molecule has 1 aromatic heterocycles. The maximum absolute atomic E-state index is 11.5. The van der Waals surface area contributed by atoms with Gasteiger partial charge < -0.3 is 0 Å². The van der Waals surface area contributed by atoms with Crippen LogP contribution in [-0.4, -0.2) is 24.6 Å². The lowest BCUT2D eigenvalue weighted by molar-refractivity contribution is 0.560. The highest BCUT2D eigenvalue weighted by Gasteiger charge is 2.20. The van der Waals surface area contributed by atoms with Gasteiger partial charge in [-0.3, -0.25) is 4.98 Å². The summed E-state index contributed by atoms with van der Waals surface area (Å²) in [6.45, 7) is 8.27. The Morgan fingerprint density at radius 2 is 1.86 bits per heavy atom. The van der Waals surface area contributed by atoms with Gasteiger partial charge in [0, 0.05) is 17.2 Å². The minimum Gasteiger partial charge on any atom is -0.257 e. The van der Waals surface area contributed by atoms with Crippen LogP contribution in [0.2, 0.25) is 0 Å². The average Bonchev–Trinajstić information content (AvgIpc) is 2.36. The largest absolute Gasteiger partial charge is 0.257 e. The Morgan fingerprint density at radius 1 is 1.18 bits per heavy atom. The molecule has 0 amide bonds. The molecule has 0 saturated carbocycles. The lowest BCUT2D eigenvalue weighted by Gasteiger charge is -2.20. The summed E-state index contributed by atoms with van der Waals surface area (Å²) in [5.41, 5.74) is 4.21. The number of hydrogen-bond acceptors (Lipinski definition) is 4. The molecular weight excluding hydrogens is 296 g/mol. The smallest absolute Gasteiger partial charge is 0.151 e. The van der Waals surface area contributed by atoms with Gasteiger partial charge in [0.1, 0.15) is 0 Å². The first kappa shape index (κ1) is 16.6. The topological polar surface area (TPSA) is 59.9 Å². The van der Waals surface area contributed by atoms with Crippen molar-refractivity contribution in [1.29, 1.82) is 0 Å². The Hall–Kier alpha value is -1.75. The van der Waals surface area contributed by atoms with Crippen molar-refractivity contribution in [2.75, 3.05) is 6.26 Å². The zero-order valence-corrected chi connectivity index (χ0v) is 14.5. The fourth-order valence-corrected chi connectivity index (χ4v) is 3.21. The van der Waals surface area contributed by atoms with Crippen molar-refractivity contribution in [3.05, 3.63) is 47.4 Å². The highest BCUT2D eigenvalue weighted by molar-refractivity contribution is 7.89. The lowest BCUT2D eigenvalue weighted by Crippen LogP contribution is -2.16. The van der Waals surface area contributed by atoms with Crippen LogP contribution >= 0.6 is 0 Å². The molecule has 0 aliphatic rings. The van der Waals surface area contributed by atoms with E-state index in [1.165, 1.54) is 6.26 Å². The Bertz CT molecular complexity index is 791. The molecule has 1 heterocycles. The van der Waals surface area contributed by atoms with Gasteiger partial charge in [0.25, 0.3) is 0 Å². The minimum absolute atomic E-state index is 0.0340. The van der Waals surface area contributed by atoms with E-state index in [1.807, 2.05) is 31.2 Å². The van der Waals surface area contributed by atoms with Crippen LogP contribution in [0.15, 0.2) is 30.5 Å². The van der Waals surface area contributed by atoms with Crippen molar-refractivity contribution < 1.29 is 8.42 Å². The van der Waals surface area contributed by atoms with Crippen molar-refractivity contribution in [2.45, 2.75) is 38.9 Å². The molecule has 0 radical (unpaired) electrons. The van der Waals surface area contributed by atoms with E-state index in [9.17, 15) is 8.42 Å². The maximum atomic E-state index is 11.5. The highest BCUT2D eigenvalue weighted by Crippen LogP contribution is 2.26. The molecule has 0 saturated heterocycles. The number of nitrogens with zero attached hydrogens (tertiary/aromatic N) is 2. The summed E-state index contributed by atoms with van der Waals surface area (Å²) in [6, 6.07) is 7.47. The first-order valence-electron chi connectivity index (χ1n) is 7.17. The Kier molecular flexibility index (Phi) is 4.38. The molecule has 5 heteroatoms. The molecule has 0 unspecified atom stereocenters. The second kappa shape index (κ2) is 5.80. The van der Waals surface area contributed by atoms with E-state index < -0.39 is 9.84 Å². The normalized spacial score (nSPS) is 12.4. The number of sulfone groups is 1. The monoisotopic (exact) mass is 318 g/mol. The molecule has 0 fully saturated rings. The summed E-state index contributed by atoms with van der Waals surface area (Å²) in [5.74, 6) is 0.0340. The molecule has 0 spiro atoms. The summed E-state index contributed by atoms with van der Waals surface area (Å²) in [4.78, 5) is 9.18. The molecule has 22 heavy (non-hydrogen) atoms. The summed E-state index contributed by atoms with van der Waals surface area (Å²) in [7, 11) is -3.05. The fraction of sp³-hybridized carbons (Fsp3) is 0.412. The van der Waals surface area contributed by atoms with Crippen LogP contribution in [0.25, 0.3) is 11.3 Å². The number of hydrogen-bond donors (Lipinski definition) is 0. The molecule has 0 bridgehead atoms. The summed E-state index contributed by atoms with van der Waals surface area (Å²) < 4.78 is 22.9. The average molecular weight is 318 g/mol. The maximum Gasteiger partial charge on any atom is 0.151 e. The van der Waals surface area contributed by atoms with Gasteiger partial charge in [-0.1, -0.05) is 39.0 Å². The Labute approximate surface area is 132 Å². The van der Waals surface area contributed by atoms with Crippen LogP contribution in [0.1, 0.15) is 37.7 Å². The highest BCUT2D eigenvalue weighted by atomic mass is 32.2. The van der Waals surface area contributed by atoms with Crippen LogP contribution in [0, 0.1) is 6.92 Å². The van der Waals surface area contributed by atoms with Gasteiger partial charge in [-0.25, -0.2) is 13.4 Å². The molecule has 0 atom stereocenters. The number of aryl methyl sites for hydroxylation is 1. The zero-order valence-electron chi connectivity index (χ0n) is 13.7. The number of rotatable bonds is 3. The van der Waals surface area contributed by atoms with Gasteiger partial charge in [0.2, 0.25) is 0 Å². The van der Waals surface area contributed by atoms with Crippen LogP contribution < -0.4 is 0 Å². The van der Waals surface area contributed by atoms with E-state index in [-0.39, 0.29) is 11.2 Å². The Morgan fingerprint density at radius 3 is 2.45 bits per heavy atom. The third-order valence-electron chi connectivity index (χ3n) is 3.32. The molecule has 0 N–H and O–H groups in total. The Balaban J connectivity index is 2.47. The first-order valence-corrected chi connectivity index (χ1v) is 9.23. The molecule has 2 aromatic rings. The quantitative estimate of drug-likeness (QED) is 0.871. The molecule has 4 nitrogen and oxygen atoms in total.